The Morgan fingerprint density at radius 1 is 1.00 bits per heavy atom. The number of carbonyl (C=O) groups excluding carboxylic acids is 2. The van der Waals surface area contributed by atoms with Gasteiger partial charge >= 0.3 is 0 Å². The van der Waals surface area contributed by atoms with Gasteiger partial charge in [-0.25, -0.2) is 4.68 Å². The predicted molar refractivity (Wildman–Crippen MR) is 108 cm³/mol. The number of piperazine rings is 1. The van der Waals surface area contributed by atoms with Gasteiger partial charge in [-0.2, -0.15) is 5.10 Å². The highest BCUT2D eigenvalue weighted by molar-refractivity contribution is 9.10. The highest BCUT2D eigenvalue weighted by atomic mass is 79.9. The zero-order chi connectivity index (χ0) is 19.7. The topological polar surface area (TPSA) is 58.4 Å². The lowest BCUT2D eigenvalue weighted by Gasteiger charge is -2.35. The molecule has 144 valence electrons. The molecule has 6 nitrogen and oxygen atoms in total. The minimum absolute atomic E-state index is 0.00925. The number of halogens is 1. The van der Waals surface area contributed by atoms with Gasteiger partial charge in [-0.3, -0.25) is 9.59 Å². The van der Waals surface area contributed by atoms with Crippen LogP contribution in [-0.2, 0) is 4.79 Å². The maximum Gasteiger partial charge on any atom is 0.257 e. The van der Waals surface area contributed by atoms with Crippen molar-refractivity contribution in [2.45, 2.75) is 27.7 Å². The van der Waals surface area contributed by atoms with Gasteiger partial charge in [0.1, 0.15) is 0 Å². The van der Waals surface area contributed by atoms with E-state index in [2.05, 4.69) is 21.0 Å². The number of hydrogen-bond donors (Lipinski definition) is 0. The van der Waals surface area contributed by atoms with Crippen molar-refractivity contribution in [1.82, 2.24) is 19.6 Å². The standard InChI is InChI=1S/C20H25BrN4O2/c1-13(2)19(26)23-9-11-24(12-10-23)20(27)18-14(3)22-25(15(18)4)17-7-5-16(21)6-8-17/h5-8,13H,9-12H2,1-4H3. The zero-order valence-corrected chi connectivity index (χ0v) is 17.8. The van der Waals surface area contributed by atoms with Crippen LogP contribution >= 0.6 is 15.9 Å². The fourth-order valence-electron chi connectivity index (χ4n) is 3.44. The van der Waals surface area contributed by atoms with Crippen molar-refractivity contribution >= 4 is 27.7 Å². The van der Waals surface area contributed by atoms with Crippen LogP contribution in [0, 0.1) is 19.8 Å². The van der Waals surface area contributed by atoms with Crippen LogP contribution < -0.4 is 0 Å². The van der Waals surface area contributed by atoms with Gasteiger partial charge in [0, 0.05) is 36.6 Å². The van der Waals surface area contributed by atoms with Gasteiger partial charge in [-0.15, -0.1) is 0 Å². The van der Waals surface area contributed by atoms with Crippen molar-refractivity contribution in [2.75, 3.05) is 26.2 Å². The molecule has 2 heterocycles. The van der Waals surface area contributed by atoms with Gasteiger partial charge in [-0.1, -0.05) is 29.8 Å². The minimum atomic E-state index is -0.0131. The van der Waals surface area contributed by atoms with E-state index in [9.17, 15) is 9.59 Å². The Morgan fingerprint density at radius 3 is 2.11 bits per heavy atom. The van der Waals surface area contributed by atoms with Gasteiger partial charge in [-0.05, 0) is 38.1 Å². The average Bonchev–Trinajstić information content (AvgIpc) is 2.95. The van der Waals surface area contributed by atoms with Crippen molar-refractivity contribution in [3.63, 3.8) is 0 Å². The molecule has 0 spiro atoms. The second kappa shape index (κ2) is 7.84. The third kappa shape index (κ3) is 3.93. The molecule has 1 aromatic heterocycles. The quantitative estimate of drug-likeness (QED) is 0.747. The Bertz CT molecular complexity index is 850. The number of aromatic nitrogens is 2. The molecular weight excluding hydrogens is 408 g/mol. The highest BCUT2D eigenvalue weighted by Gasteiger charge is 2.29. The van der Waals surface area contributed by atoms with Crippen LogP contribution in [0.1, 0.15) is 35.6 Å². The Hall–Kier alpha value is -2.15. The first-order chi connectivity index (χ1) is 12.8. The predicted octanol–water partition coefficient (Wildman–Crippen LogP) is 3.19. The largest absolute Gasteiger partial charge is 0.339 e. The van der Waals surface area contributed by atoms with E-state index >= 15 is 0 Å². The summed E-state index contributed by atoms with van der Waals surface area (Å²) in [5.74, 6) is 0.128. The molecule has 0 radical (unpaired) electrons. The summed E-state index contributed by atoms with van der Waals surface area (Å²) in [5.41, 5.74) is 3.13. The van der Waals surface area contributed by atoms with Gasteiger partial charge < -0.3 is 9.80 Å². The fourth-order valence-corrected chi connectivity index (χ4v) is 3.70. The molecule has 1 saturated heterocycles. The molecular formula is C20H25BrN4O2. The van der Waals surface area contributed by atoms with Crippen molar-refractivity contribution in [3.8, 4) is 5.69 Å². The van der Waals surface area contributed by atoms with E-state index in [0.717, 1.165) is 21.5 Å². The summed E-state index contributed by atoms with van der Waals surface area (Å²) in [4.78, 5) is 28.9. The van der Waals surface area contributed by atoms with Crippen molar-refractivity contribution in [1.29, 1.82) is 0 Å². The molecule has 1 aliphatic rings. The second-order valence-electron chi connectivity index (χ2n) is 7.21. The van der Waals surface area contributed by atoms with E-state index in [1.807, 2.05) is 66.4 Å². The van der Waals surface area contributed by atoms with Gasteiger partial charge in [0.15, 0.2) is 0 Å². The molecule has 0 atom stereocenters. The molecule has 1 aliphatic heterocycles. The van der Waals surface area contributed by atoms with E-state index in [0.29, 0.717) is 31.7 Å². The molecule has 0 saturated carbocycles. The fraction of sp³-hybridized carbons (Fsp3) is 0.450. The van der Waals surface area contributed by atoms with Crippen molar-refractivity contribution in [3.05, 3.63) is 45.7 Å². The molecule has 27 heavy (non-hydrogen) atoms. The highest BCUT2D eigenvalue weighted by Crippen LogP contribution is 2.22. The van der Waals surface area contributed by atoms with Gasteiger partial charge in [0.05, 0.1) is 22.6 Å². The van der Waals surface area contributed by atoms with Crippen LogP contribution in [0.2, 0.25) is 0 Å². The molecule has 0 unspecified atom stereocenters. The number of amides is 2. The summed E-state index contributed by atoms with van der Waals surface area (Å²) in [7, 11) is 0. The summed E-state index contributed by atoms with van der Waals surface area (Å²) < 4.78 is 2.81. The van der Waals surface area contributed by atoms with Crippen LogP contribution in [-0.4, -0.2) is 57.6 Å². The third-order valence-corrected chi connectivity index (χ3v) is 5.48. The number of hydrogen-bond acceptors (Lipinski definition) is 3. The lowest BCUT2D eigenvalue weighted by Crippen LogP contribution is -2.51. The first kappa shape index (κ1) is 19.6. The molecule has 0 aliphatic carbocycles. The van der Waals surface area contributed by atoms with Crippen LogP contribution in [0.4, 0.5) is 0 Å². The number of benzene rings is 1. The Kier molecular flexibility index (Phi) is 5.69. The monoisotopic (exact) mass is 432 g/mol. The number of aryl methyl sites for hydroxylation is 1. The Balaban J connectivity index is 1.78. The van der Waals surface area contributed by atoms with Crippen LogP contribution in [0.3, 0.4) is 0 Å². The summed E-state index contributed by atoms with van der Waals surface area (Å²) >= 11 is 3.44. The lowest BCUT2D eigenvalue weighted by molar-refractivity contribution is -0.135. The molecule has 0 bridgehead atoms. The normalized spacial score (nSPS) is 14.7. The van der Waals surface area contributed by atoms with Gasteiger partial charge in [0.2, 0.25) is 5.91 Å². The summed E-state index contributed by atoms with van der Waals surface area (Å²) in [6.45, 7) is 9.89. The second-order valence-corrected chi connectivity index (χ2v) is 8.12. The molecule has 0 N–H and O–H groups in total. The minimum Gasteiger partial charge on any atom is -0.339 e. The summed E-state index contributed by atoms with van der Waals surface area (Å²) in [5, 5.41) is 4.58. The van der Waals surface area contributed by atoms with Crippen LogP contribution in [0.15, 0.2) is 28.7 Å². The first-order valence-corrected chi connectivity index (χ1v) is 9.99. The van der Waals surface area contributed by atoms with Gasteiger partial charge in [0.25, 0.3) is 5.91 Å². The lowest BCUT2D eigenvalue weighted by atomic mass is 10.1. The van der Waals surface area contributed by atoms with E-state index in [-0.39, 0.29) is 17.7 Å². The molecule has 1 fully saturated rings. The number of nitrogens with zero attached hydrogens (tertiary/aromatic N) is 4. The maximum absolute atomic E-state index is 13.1. The summed E-state index contributed by atoms with van der Waals surface area (Å²) in [6, 6.07) is 7.85. The van der Waals surface area contributed by atoms with E-state index in [1.165, 1.54) is 0 Å². The van der Waals surface area contributed by atoms with Crippen LogP contribution in [0.25, 0.3) is 5.69 Å². The number of rotatable bonds is 3. The first-order valence-electron chi connectivity index (χ1n) is 9.19. The molecule has 2 aromatic rings. The van der Waals surface area contributed by atoms with Crippen LogP contribution in [0.5, 0.6) is 0 Å². The van der Waals surface area contributed by atoms with E-state index in [4.69, 9.17) is 0 Å². The Labute approximate surface area is 168 Å². The molecule has 1 aromatic carbocycles. The van der Waals surface area contributed by atoms with E-state index in [1.54, 1.807) is 0 Å². The SMILES string of the molecule is Cc1nn(-c2ccc(Br)cc2)c(C)c1C(=O)N1CCN(C(=O)C(C)C)CC1. The number of carbonyl (C=O) groups is 2. The molecule has 2 amide bonds. The Morgan fingerprint density at radius 2 is 1.56 bits per heavy atom. The van der Waals surface area contributed by atoms with Crippen molar-refractivity contribution in [2.24, 2.45) is 5.92 Å². The summed E-state index contributed by atoms with van der Waals surface area (Å²) in [6.07, 6.45) is 0. The third-order valence-electron chi connectivity index (χ3n) is 4.95. The average molecular weight is 433 g/mol. The van der Waals surface area contributed by atoms with E-state index < -0.39 is 0 Å². The smallest absolute Gasteiger partial charge is 0.257 e. The van der Waals surface area contributed by atoms with Crippen molar-refractivity contribution < 1.29 is 9.59 Å². The maximum atomic E-state index is 13.1. The molecule has 7 heteroatoms. The zero-order valence-electron chi connectivity index (χ0n) is 16.2. The molecule has 3 rings (SSSR count).